The second kappa shape index (κ2) is 3.34. The van der Waals surface area contributed by atoms with Crippen LogP contribution in [0.3, 0.4) is 0 Å². The Hall–Kier alpha value is -0.861. The first-order valence-corrected chi connectivity index (χ1v) is 4.49. The minimum absolute atomic E-state index is 0.312. The van der Waals surface area contributed by atoms with E-state index in [1.807, 2.05) is 17.1 Å². The van der Waals surface area contributed by atoms with Crippen LogP contribution in [0.4, 0.5) is 0 Å². The van der Waals surface area contributed by atoms with Crippen molar-refractivity contribution in [2.45, 2.75) is 0 Å². The molecule has 0 unspecified atom stereocenters. The predicted octanol–water partition coefficient (Wildman–Crippen LogP) is 0.991. The van der Waals surface area contributed by atoms with Crippen molar-refractivity contribution in [1.29, 1.82) is 0 Å². The molecule has 0 fully saturated rings. The van der Waals surface area contributed by atoms with Gasteiger partial charge in [-0.2, -0.15) is 0 Å². The Bertz CT molecular complexity index is 240. The zero-order valence-corrected chi connectivity index (χ0v) is 6.77. The van der Waals surface area contributed by atoms with Crippen LogP contribution in [-0.2, 0) is 0 Å². The number of hydrogen-bond donors (Lipinski definition) is 0. The maximum atomic E-state index is 9.83. The van der Waals surface area contributed by atoms with Gasteiger partial charge in [0.1, 0.15) is 0 Å². The molecule has 0 saturated heterocycles. The van der Waals surface area contributed by atoms with Gasteiger partial charge in [-0.1, -0.05) is 0 Å². The zero-order chi connectivity index (χ0) is 7.40. The third-order valence-corrected chi connectivity index (χ3v) is 2.66. The summed E-state index contributed by atoms with van der Waals surface area (Å²) in [7, 11) is 0. The molecule has 0 aliphatic rings. The molecule has 1 heterocycles. The monoisotopic (exact) mass is 203 g/mol. The summed E-state index contributed by atoms with van der Waals surface area (Å²) in [5, 5.41) is 9.83. The molecule has 4 heteroatoms. The van der Waals surface area contributed by atoms with E-state index in [1.165, 1.54) is 0 Å². The number of nitro groups is 1. The molecule has 52 valence electrons. The van der Waals surface area contributed by atoms with Crippen molar-refractivity contribution in [3.63, 3.8) is 0 Å². The Balaban J connectivity index is 2.64. The van der Waals surface area contributed by atoms with Crippen LogP contribution in [0.25, 0.3) is 6.08 Å². The molecule has 1 aromatic rings. The van der Waals surface area contributed by atoms with E-state index in [9.17, 15) is 10.1 Å². The Morgan fingerprint density at radius 2 is 2.50 bits per heavy atom. The van der Waals surface area contributed by atoms with E-state index in [-0.39, 0.29) is 0 Å². The summed E-state index contributed by atoms with van der Waals surface area (Å²) in [6.45, 7) is 0. The summed E-state index contributed by atoms with van der Waals surface area (Å²) in [6.07, 6.45) is 2.51. The van der Waals surface area contributed by atoms with Crippen molar-refractivity contribution in [2.24, 2.45) is 0 Å². The van der Waals surface area contributed by atoms with Gasteiger partial charge in [-0.3, -0.25) is 0 Å². The Labute approximate surface area is 63.9 Å². The fourth-order valence-corrected chi connectivity index (χ4v) is 1.80. The Kier molecular flexibility index (Phi) is 2.42. The standard InChI is InChI=1S/C6H5NO2Se/c8-7(9)4-3-6-2-1-5-10-6/h1-5H/b4-3+. The van der Waals surface area contributed by atoms with Crippen molar-refractivity contribution in [3.05, 3.63) is 37.8 Å². The molecule has 0 aliphatic heterocycles. The molecule has 0 atom stereocenters. The first kappa shape index (κ1) is 7.25. The van der Waals surface area contributed by atoms with Crippen molar-refractivity contribution in [1.82, 2.24) is 0 Å². The third-order valence-electron chi connectivity index (χ3n) is 0.904. The summed E-state index contributed by atoms with van der Waals surface area (Å²) in [4.78, 5) is 11.4. The van der Waals surface area contributed by atoms with Gasteiger partial charge in [-0.15, -0.1) is 0 Å². The molecule has 0 N–H and O–H groups in total. The van der Waals surface area contributed by atoms with E-state index in [4.69, 9.17) is 0 Å². The molecule has 0 bridgehead atoms. The van der Waals surface area contributed by atoms with Gasteiger partial charge >= 0.3 is 63.3 Å². The summed E-state index contributed by atoms with van der Waals surface area (Å²) < 4.78 is 1.05. The van der Waals surface area contributed by atoms with Gasteiger partial charge in [0.25, 0.3) is 0 Å². The van der Waals surface area contributed by atoms with E-state index < -0.39 is 4.92 Å². The average molecular weight is 202 g/mol. The van der Waals surface area contributed by atoms with Crippen LogP contribution in [0.5, 0.6) is 0 Å². The SMILES string of the molecule is O=[N+]([O-])/C=C/c1ccc[se]1. The molecule has 1 aromatic heterocycles. The fourth-order valence-electron chi connectivity index (χ4n) is 0.520. The van der Waals surface area contributed by atoms with Gasteiger partial charge in [0.15, 0.2) is 0 Å². The third kappa shape index (κ3) is 2.17. The molecular formula is C6H5NO2Se. The van der Waals surface area contributed by atoms with Gasteiger partial charge in [0.05, 0.1) is 0 Å². The van der Waals surface area contributed by atoms with E-state index in [2.05, 4.69) is 0 Å². The van der Waals surface area contributed by atoms with E-state index in [0.29, 0.717) is 14.5 Å². The van der Waals surface area contributed by atoms with Gasteiger partial charge in [-0.25, -0.2) is 0 Å². The molecule has 3 nitrogen and oxygen atoms in total. The van der Waals surface area contributed by atoms with Gasteiger partial charge in [-0.05, 0) is 0 Å². The van der Waals surface area contributed by atoms with Crippen molar-refractivity contribution >= 4 is 20.6 Å². The maximum absolute atomic E-state index is 9.83. The number of nitrogens with zero attached hydrogens (tertiary/aromatic N) is 1. The Morgan fingerprint density at radius 1 is 1.70 bits per heavy atom. The molecular weight excluding hydrogens is 197 g/mol. The minimum atomic E-state index is -0.449. The molecule has 0 aliphatic carbocycles. The summed E-state index contributed by atoms with van der Waals surface area (Å²) >= 11 is 0.312. The van der Waals surface area contributed by atoms with Crippen LogP contribution in [0.1, 0.15) is 4.44 Å². The average Bonchev–Trinajstić information content (AvgIpc) is 2.34. The number of rotatable bonds is 2. The van der Waals surface area contributed by atoms with Gasteiger partial charge in [0, 0.05) is 0 Å². The van der Waals surface area contributed by atoms with Crippen LogP contribution < -0.4 is 0 Å². The summed E-state index contributed by atoms with van der Waals surface area (Å²) in [5.41, 5.74) is 0. The molecule has 10 heavy (non-hydrogen) atoms. The van der Waals surface area contributed by atoms with Crippen LogP contribution in [-0.4, -0.2) is 19.4 Å². The fraction of sp³-hybridized carbons (Fsp3) is 0. The molecule has 1 rings (SSSR count). The van der Waals surface area contributed by atoms with Crippen molar-refractivity contribution in [3.8, 4) is 0 Å². The van der Waals surface area contributed by atoms with Crippen molar-refractivity contribution in [2.75, 3.05) is 0 Å². The van der Waals surface area contributed by atoms with E-state index >= 15 is 0 Å². The molecule has 0 amide bonds. The van der Waals surface area contributed by atoms with Crippen LogP contribution in [0, 0.1) is 10.1 Å². The summed E-state index contributed by atoms with van der Waals surface area (Å²) in [5.74, 6) is 0. The quantitative estimate of drug-likeness (QED) is 0.407. The number of hydrogen-bond acceptors (Lipinski definition) is 2. The van der Waals surface area contributed by atoms with Crippen molar-refractivity contribution < 1.29 is 4.92 Å². The molecule has 0 saturated carbocycles. The first-order chi connectivity index (χ1) is 4.79. The van der Waals surface area contributed by atoms with Crippen LogP contribution in [0.15, 0.2) is 23.3 Å². The summed E-state index contributed by atoms with van der Waals surface area (Å²) in [6, 6.07) is 3.81. The second-order valence-corrected chi connectivity index (χ2v) is 3.67. The van der Waals surface area contributed by atoms with E-state index in [1.54, 1.807) is 6.08 Å². The van der Waals surface area contributed by atoms with Crippen LogP contribution in [0.2, 0.25) is 0 Å². The van der Waals surface area contributed by atoms with E-state index in [0.717, 1.165) is 10.6 Å². The molecule has 0 radical (unpaired) electrons. The predicted molar refractivity (Wildman–Crippen MR) is 39.4 cm³/mol. The topological polar surface area (TPSA) is 43.1 Å². The zero-order valence-electron chi connectivity index (χ0n) is 5.06. The normalized spacial score (nSPS) is 10.4. The molecule has 0 aromatic carbocycles. The second-order valence-electron chi connectivity index (χ2n) is 1.62. The van der Waals surface area contributed by atoms with Gasteiger partial charge in [0.2, 0.25) is 0 Å². The first-order valence-electron chi connectivity index (χ1n) is 2.64. The van der Waals surface area contributed by atoms with Gasteiger partial charge < -0.3 is 0 Å². The van der Waals surface area contributed by atoms with Crippen LogP contribution >= 0.6 is 0 Å². The molecule has 0 spiro atoms. The Morgan fingerprint density at radius 3 is 3.00 bits per heavy atom.